The van der Waals surface area contributed by atoms with Crippen molar-refractivity contribution in [2.24, 2.45) is 11.7 Å². The van der Waals surface area contributed by atoms with Crippen LogP contribution in [0.3, 0.4) is 0 Å². The summed E-state index contributed by atoms with van der Waals surface area (Å²) in [6.07, 6.45) is 0.810. The van der Waals surface area contributed by atoms with Gasteiger partial charge in [0.1, 0.15) is 0 Å². The van der Waals surface area contributed by atoms with E-state index in [0.717, 1.165) is 32.6 Å². The molecule has 0 aromatic heterocycles. The Morgan fingerprint density at radius 3 is 2.91 bits per heavy atom. The number of likely N-dealkylation sites (tertiary alicyclic amines) is 1. The van der Waals surface area contributed by atoms with E-state index in [-0.39, 0.29) is 6.10 Å². The van der Waals surface area contributed by atoms with Crippen LogP contribution in [0, 0.1) is 5.92 Å². The predicted octanol–water partition coefficient (Wildman–Crippen LogP) is -0.352. The number of nitrogens with two attached hydrogens (primary N) is 1. The molecule has 3 heteroatoms. The highest BCUT2D eigenvalue weighted by atomic mass is 16.3. The highest BCUT2D eigenvalue weighted by Gasteiger charge is 2.22. The minimum atomic E-state index is -0.0935. The number of piperidine rings is 1. The summed E-state index contributed by atoms with van der Waals surface area (Å²) in [5.74, 6) is 0.412. The van der Waals surface area contributed by atoms with Crippen LogP contribution in [0.4, 0.5) is 0 Å². The molecule has 0 bridgehead atoms. The van der Waals surface area contributed by atoms with Crippen LogP contribution in [0.2, 0.25) is 0 Å². The van der Waals surface area contributed by atoms with Crippen molar-refractivity contribution in [3.8, 4) is 0 Å². The normalized spacial score (nSPS) is 34.1. The molecule has 1 fully saturated rings. The molecule has 0 saturated carbocycles. The summed E-state index contributed by atoms with van der Waals surface area (Å²) in [4.78, 5) is 2.32. The summed E-state index contributed by atoms with van der Waals surface area (Å²) in [5, 5.41) is 9.41. The SMILES string of the molecule is C[C@H]1CN(CCN)CC[C@@H]1O. The summed E-state index contributed by atoms with van der Waals surface area (Å²) >= 11 is 0. The van der Waals surface area contributed by atoms with Gasteiger partial charge in [-0.3, -0.25) is 0 Å². The molecule has 0 aliphatic carbocycles. The van der Waals surface area contributed by atoms with Gasteiger partial charge < -0.3 is 15.7 Å². The van der Waals surface area contributed by atoms with Gasteiger partial charge in [0.2, 0.25) is 0 Å². The first-order valence-electron chi connectivity index (χ1n) is 4.34. The Hall–Kier alpha value is -0.120. The number of hydrogen-bond acceptors (Lipinski definition) is 3. The predicted molar refractivity (Wildman–Crippen MR) is 45.3 cm³/mol. The minimum absolute atomic E-state index is 0.0935. The molecule has 1 rings (SSSR count). The van der Waals surface area contributed by atoms with Crippen LogP contribution in [0.25, 0.3) is 0 Å². The maximum atomic E-state index is 9.41. The fourth-order valence-corrected chi connectivity index (χ4v) is 1.61. The summed E-state index contributed by atoms with van der Waals surface area (Å²) in [7, 11) is 0. The Kier molecular flexibility index (Phi) is 3.30. The van der Waals surface area contributed by atoms with Crippen LogP contribution in [0.1, 0.15) is 13.3 Å². The zero-order valence-corrected chi connectivity index (χ0v) is 7.16. The second kappa shape index (κ2) is 4.04. The minimum Gasteiger partial charge on any atom is -0.393 e. The topological polar surface area (TPSA) is 49.5 Å². The molecule has 66 valence electrons. The van der Waals surface area contributed by atoms with Gasteiger partial charge in [-0.05, 0) is 12.3 Å². The van der Waals surface area contributed by atoms with Crippen LogP contribution >= 0.6 is 0 Å². The number of aliphatic hydroxyl groups is 1. The zero-order valence-electron chi connectivity index (χ0n) is 7.16. The van der Waals surface area contributed by atoms with E-state index in [4.69, 9.17) is 5.73 Å². The lowest BCUT2D eigenvalue weighted by molar-refractivity contribution is 0.0363. The van der Waals surface area contributed by atoms with Crippen molar-refractivity contribution in [1.29, 1.82) is 0 Å². The molecule has 1 saturated heterocycles. The van der Waals surface area contributed by atoms with Gasteiger partial charge in [-0.1, -0.05) is 6.92 Å². The highest BCUT2D eigenvalue weighted by molar-refractivity contribution is 4.76. The third-order valence-corrected chi connectivity index (χ3v) is 2.39. The van der Waals surface area contributed by atoms with Gasteiger partial charge in [0.15, 0.2) is 0 Å². The van der Waals surface area contributed by atoms with Crippen LogP contribution in [0.15, 0.2) is 0 Å². The van der Waals surface area contributed by atoms with E-state index in [0.29, 0.717) is 5.92 Å². The largest absolute Gasteiger partial charge is 0.393 e. The molecule has 1 heterocycles. The summed E-state index contributed by atoms with van der Waals surface area (Å²) in [5.41, 5.74) is 5.44. The molecule has 3 nitrogen and oxygen atoms in total. The van der Waals surface area contributed by atoms with Crippen molar-refractivity contribution in [3.63, 3.8) is 0 Å². The first kappa shape index (κ1) is 8.97. The van der Waals surface area contributed by atoms with E-state index >= 15 is 0 Å². The van der Waals surface area contributed by atoms with E-state index in [1.807, 2.05) is 0 Å². The van der Waals surface area contributed by atoms with E-state index in [2.05, 4.69) is 11.8 Å². The van der Waals surface area contributed by atoms with E-state index < -0.39 is 0 Å². The van der Waals surface area contributed by atoms with Gasteiger partial charge in [0.05, 0.1) is 6.10 Å². The molecule has 1 aliphatic heterocycles. The molecule has 3 N–H and O–H groups in total. The Bertz CT molecular complexity index is 119. The zero-order chi connectivity index (χ0) is 8.27. The Morgan fingerprint density at radius 1 is 1.64 bits per heavy atom. The molecule has 0 amide bonds. The molecule has 0 aromatic rings. The maximum Gasteiger partial charge on any atom is 0.0590 e. The summed E-state index contributed by atoms with van der Waals surface area (Å²) in [6.45, 7) is 5.79. The molecule has 0 aromatic carbocycles. The third-order valence-electron chi connectivity index (χ3n) is 2.39. The van der Waals surface area contributed by atoms with Crippen LogP contribution in [0.5, 0.6) is 0 Å². The van der Waals surface area contributed by atoms with Gasteiger partial charge in [0.25, 0.3) is 0 Å². The first-order chi connectivity index (χ1) is 5.24. The Morgan fingerprint density at radius 2 is 2.36 bits per heavy atom. The fourth-order valence-electron chi connectivity index (χ4n) is 1.61. The molecular weight excluding hydrogens is 140 g/mol. The number of hydrogen-bond donors (Lipinski definition) is 2. The van der Waals surface area contributed by atoms with Crippen molar-refractivity contribution in [3.05, 3.63) is 0 Å². The lowest BCUT2D eigenvalue weighted by Crippen LogP contribution is -2.43. The van der Waals surface area contributed by atoms with Gasteiger partial charge in [-0.15, -0.1) is 0 Å². The lowest BCUT2D eigenvalue weighted by Gasteiger charge is -2.33. The van der Waals surface area contributed by atoms with Crippen molar-refractivity contribution >= 4 is 0 Å². The summed E-state index contributed by atoms with van der Waals surface area (Å²) < 4.78 is 0. The monoisotopic (exact) mass is 158 g/mol. The van der Waals surface area contributed by atoms with Crippen molar-refractivity contribution in [2.75, 3.05) is 26.2 Å². The number of rotatable bonds is 2. The van der Waals surface area contributed by atoms with Crippen LogP contribution in [-0.2, 0) is 0 Å². The van der Waals surface area contributed by atoms with E-state index in [1.165, 1.54) is 0 Å². The average molecular weight is 158 g/mol. The fraction of sp³-hybridized carbons (Fsp3) is 1.00. The van der Waals surface area contributed by atoms with Gasteiger partial charge in [0, 0.05) is 26.2 Å². The van der Waals surface area contributed by atoms with E-state index in [1.54, 1.807) is 0 Å². The number of aliphatic hydroxyl groups excluding tert-OH is 1. The van der Waals surface area contributed by atoms with Crippen molar-refractivity contribution < 1.29 is 5.11 Å². The molecule has 2 atom stereocenters. The quantitative estimate of drug-likeness (QED) is 0.577. The average Bonchev–Trinajstić information content (AvgIpc) is 1.98. The van der Waals surface area contributed by atoms with Crippen molar-refractivity contribution in [2.45, 2.75) is 19.4 Å². The van der Waals surface area contributed by atoms with Gasteiger partial charge in [-0.25, -0.2) is 0 Å². The van der Waals surface area contributed by atoms with Crippen LogP contribution < -0.4 is 5.73 Å². The molecule has 0 spiro atoms. The number of nitrogens with zero attached hydrogens (tertiary/aromatic N) is 1. The Balaban J connectivity index is 2.28. The van der Waals surface area contributed by atoms with Crippen molar-refractivity contribution in [1.82, 2.24) is 4.90 Å². The standard InChI is InChI=1S/C8H18N2O/c1-7-6-10(5-3-9)4-2-8(7)11/h7-8,11H,2-6,9H2,1H3/t7-,8-/m0/s1. The second-order valence-corrected chi connectivity index (χ2v) is 3.42. The molecule has 0 unspecified atom stereocenters. The first-order valence-corrected chi connectivity index (χ1v) is 4.34. The van der Waals surface area contributed by atoms with Crippen LogP contribution in [-0.4, -0.2) is 42.3 Å². The molecule has 1 aliphatic rings. The van der Waals surface area contributed by atoms with E-state index in [9.17, 15) is 5.11 Å². The maximum absolute atomic E-state index is 9.41. The molecule has 0 radical (unpaired) electrons. The smallest absolute Gasteiger partial charge is 0.0590 e. The van der Waals surface area contributed by atoms with Gasteiger partial charge in [-0.2, -0.15) is 0 Å². The summed E-state index contributed by atoms with van der Waals surface area (Å²) in [6, 6.07) is 0. The lowest BCUT2D eigenvalue weighted by atomic mass is 9.97. The van der Waals surface area contributed by atoms with Gasteiger partial charge >= 0.3 is 0 Å². The Labute approximate surface area is 68.2 Å². The molecule has 11 heavy (non-hydrogen) atoms. The second-order valence-electron chi connectivity index (χ2n) is 3.42. The molecular formula is C8H18N2O. The third kappa shape index (κ3) is 2.43. The highest BCUT2D eigenvalue weighted by Crippen LogP contribution is 2.15.